The van der Waals surface area contributed by atoms with E-state index in [0.717, 1.165) is 38.0 Å². The minimum atomic E-state index is -0.468. The number of nitrogens with one attached hydrogen (secondary N) is 1. The van der Waals surface area contributed by atoms with Crippen LogP contribution < -0.4 is 10.1 Å². The molecule has 0 amide bonds. The van der Waals surface area contributed by atoms with Crippen LogP contribution >= 0.6 is 11.3 Å². The summed E-state index contributed by atoms with van der Waals surface area (Å²) >= 11 is 1.69. The monoisotopic (exact) mass is 241 g/mol. The van der Waals surface area contributed by atoms with Gasteiger partial charge in [-0.15, -0.1) is 11.3 Å². The van der Waals surface area contributed by atoms with E-state index < -0.39 is 5.60 Å². The third-order valence-electron chi connectivity index (χ3n) is 3.20. The second kappa shape index (κ2) is 5.17. The van der Waals surface area contributed by atoms with Gasteiger partial charge < -0.3 is 15.2 Å². The Hall–Kier alpha value is -0.580. The molecule has 0 saturated heterocycles. The van der Waals surface area contributed by atoms with E-state index in [4.69, 9.17) is 4.74 Å². The van der Waals surface area contributed by atoms with E-state index in [2.05, 4.69) is 5.32 Å². The van der Waals surface area contributed by atoms with Gasteiger partial charge in [0.2, 0.25) is 0 Å². The predicted molar refractivity (Wildman–Crippen MR) is 66.0 cm³/mol. The number of hydrogen-bond donors (Lipinski definition) is 2. The molecule has 1 aromatic heterocycles. The number of thiophene rings is 1. The Kier molecular flexibility index (Phi) is 3.84. The lowest BCUT2D eigenvalue weighted by atomic mass is 10.0. The Morgan fingerprint density at radius 3 is 2.94 bits per heavy atom. The minimum Gasteiger partial charge on any atom is -0.496 e. The van der Waals surface area contributed by atoms with Crippen LogP contribution in [0.4, 0.5) is 0 Å². The quantitative estimate of drug-likeness (QED) is 0.830. The first-order chi connectivity index (χ1) is 7.73. The highest BCUT2D eigenvalue weighted by molar-refractivity contribution is 7.10. The Labute approximate surface area is 100 Å². The van der Waals surface area contributed by atoms with Gasteiger partial charge in [0.15, 0.2) is 0 Å². The van der Waals surface area contributed by atoms with Crippen molar-refractivity contribution in [3.8, 4) is 5.75 Å². The van der Waals surface area contributed by atoms with Gasteiger partial charge in [0.05, 0.1) is 17.6 Å². The van der Waals surface area contributed by atoms with Crippen molar-refractivity contribution in [2.45, 2.75) is 37.8 Å². The second-order valence-corrected chi connectivity index (χ2v) is 5.45. The first-order valence-electron chi connectivity index (χ1n) is 5.77. The van der Waals surface area contributed by atoms with Crippen LogP contribution in [0.25, 0.3) is 0 Å². The zero-order chi connectivity index (χ0) is 11.4. The third-order valence-corrected chi connectivity index (χ3v) is 4.10. The van der Waals surface area contributed by atoms with Crippen LogP contribution in [0.1, 0.15) is 30.6 Å². The number of hydrogen-bond acceptors (Lipinski definition) is 4. The van der Waals surface area contributed by atoms with Gasteiger partial charge in [0.25, 0.3) is 0 Å². The van der Waals surface area contributed by atoms with Crippen LogP contribution in [0.5, 0.6) is 5.75 Å². The summed E-state index contributed by atoms with van der Waals surface area (Å²) in [5, 5.41) is 15.5. The standard InChI is InChI=1S/C12H19NO2S/c1-15-10-4-7-16-11(10)8-13-9-12(14)5-2-3-6-12/h4,7,13-14H,2-3,5-6,8-9H2,1H3. The molecule has 1 aromatic rings. The SMILES string of the molecule is COc1ccsc1CNCC1(O)CCCC1. The van der Waals surface area contributed by atoms with Crippen LogP contribution in [0.15, 0.2) is 11.4 Å². The molecule has 0 unspecified atom stereocenters. The molecule has 0 spiro atoms. The molecule has 4 heteroatoms. The zero-order valence-electron chi connectivity index (χ0n) is 9.66. The average Bonchev–Trinajstić information content (AvgIpc) is 2.88. The Balaban J connectivity index is 1.79. The number of aliphatic hydroxyl groups is 1. The van der Waals surface area contributed by atoms with Crippen LogP contribution in [0.2, 0.25) is 0 Å². The fourth-order valence-electron chi connectivity index (χ4n) is 2.26. The molecule has 0 aliphatic heterocycles. The predicted octanol–water partition coefficient (Wildman–Crippen LogP) is 2.15. The molecule has 1 aliphatic carbocycles. The molecule has 1 aliphatic rings. The summed E-state index contributed by atoms with van der Waals surface area (Å²) in [4.78, 5) is 1.20. The number of rotatable bonds is 5. The molecule has 90 valence electrons. The van der Waals surface area contributed by atoms with Crippen molar-refractivity contribution >= 4 is 11.3 Å². The molecule has 0 radical (unpaired) electrons. The average molecular weight is 241 g/mol. The molecule has 0 bridgehead atoms. The van der Waals surface area contributed by atoms with E-state index in [0.29, 0.717) is 6.54 Å². The summed E-state index contributed by atoms with van der Waals surface area (Å²) < 4.78 is 5.24. The first kappa shape index (κ1) is 11.9. The van der Waals surface area contributed by atoms with Crippen LogP contribution in [0, 0.1) is 0 Å². The smallest absolute Gasteiger partial charge is 0.134 e. The highest BCUT2D eigenvalue weighted by Crippen LogP contribution is 2.29. The Bertz CT molecular complexity index is 332. The van der Waals surface area contributed by atoms with E-state index >= 15 is 0 Å². The number of ether oxygens (including phenoxy) is 1. The third kappa shape index (κ3) is 2.75. The molecule has 0 atom stereocenters. The Morgan fingerprint density at radius 1 is 1.50 bits per heavy atom. The van der Waals surface area contributed by atoms with Gasteiger partial charge in [-0.25, -0.2) is 0 Å². The van der Waals surface area contributed by atoms with Crippen molar-refractivity contribution in [3.63, 3.8) is 0 Å². The lowest BCUT2D eigenvalue weighted by Gasteiger charge is -2.22. The molecular weight excluding hydrogens is 222 g/mol. The van der Waals surface area contributed by atoms with Crippen molar-refractivity contribution in [2.24, 2.45) is 0 Å². The molecule has 2 rings (SSSR count). The van der Waals surface area contributed by atoms with Crippen LogP contribution in [-0.2, 0) is 6.54 Å². The highest BCUT2D eigenvalue weighted by Gasteiger charge is 2.30. The summed E-state index contributed by atoms with van der Waals surface area (Å²) in [7, 11) is 1.69. The van der Waals surface area contributed by atoms with Gasteiger partial charge in [0, 0.05) is 13.1 Å². The summed E-state index contributed by atoms with van der Waals surface area (Å²) in [6.07, 6.45) is 4.17. The zero-order valence-corrected chi connectivity index (χ0v) is 10.5. The molecule has 3 nitrogen and oxygen atoms in total. The largest absolute Gasteiger partial charge is 0.496 e. The topological polar surface area (TPSA) is 41.5 Å². The van der Waals surface area contributed by atoms with Gasteiger partial charge >= 0.3 is 0 Å². The van der Waals surface area contributed by atoms with E-state index in [1.54, 1.807) is 18.4 Å². The van der Waals surface area contributed by atoms with Gasteiger partial charge in [0.1, 0.15) is 5.75 Å². The van der Waals surface area contributed by atoms with Gasteiger partial charge in [-0.05, 0) is 24.3 Å². The highest BCUT2D eigenvalue weighted by atomic mass is 32.1. The molecule has 0 aromatic carbocycles. The van der Waals surface area contributed by atoms with Crippen LogP contribution in [0.3, 0.4) is 0 Å². The summed E-state index contributed by atoms with van der Waals surface area (Å²) in [5.41, 5.74) is -0.468. The first-order valence-corrected chi connectivity index (χ1v) is 6.65. The molecule has 1 fully saturated rings. The lowest BCUT2D eigenvalue weighted by molar-refractivity contribution is 0.0475. The van der Waals surface area contributed by atoms with Crippen molar-refractivity contribution < 1.29 is 9.84 Å². The molecule has 1 heterocycles. The normalized spacial score (nSPS) is 18.9. The van der Waals surface area contributed by atoms with Gasteiger partial charge in [-0.3, -0.25) is 0 Å². The molecule has 16 heavy (non-hydrogen) atoms. The van der Waals surface area contributed by atoms with E-state index in [1.165, 1.54) is 4.88 Å². The maximum absolute atomic E-state index is 10.2. The second-order valence-electron chi connectivity index (χ2n) is 4.45. The van der Waals surface area contributed by atoms with E-state index in [1.807, 2.05) is 11.4 Å². The Morgan fingerprint density at radius 2 is 2.25 bits per heavy atom. The summed E-state index contributed by atoms with van der Waals surface area (Å²) in [6, 6.07) is 1.98. The fraction of sp³-hybridized carbons (Fsp3) is 0.667. The van der Waals surface area contributed by atoms with Gasteiger partial charge in [-0.1, -0.05) is 12.8 Å². The van der Waals surface area contributed by atoms with Crippen molar-refractivity contribution in [1.29, 1.82) is 0 Å². The summed E-state index contributed by atoms with van der Waals surface area (Å²) in [5.74, 6) is 0.941. The number of methoxy groups -OCH3 is 1. The van der Waals surface area contributed by atoms with Crippen molar-refractivity contribution in [2.75, 3.05) is 13.7 Å². The lowest BCUT2D eigenvalue weighted by Crippen LogP contribution is -2.37. The molecule has 2 N–H and O–H groups in total. The van der Waals surface area contributed by atoms with E-state index in [9.17, 15) is 5.11 Å². The van der Waals surface area contributed by atoms with E-state index in [-0.39, 0.29) is 0 Å². The maximum atomic E-state index is 10.2. The van der Waals surface area contributed by atoms with Crippen molar-refractivity contribution in [3.05, 3.63) is 16.3 Å². The fourth-order valence-corrected chi connectivity index (χ4v) is 3.07. The van der Waals surface area contributed by atoms with Crippen LogP contribution in [-0.4, -0.2) is 24.4 Å². The van der Waals surface area contributed by atoms with Crippen molar-refractivity contribution in [1.82, 2.24) is 5.32 Å². The molecule has 1 saturated carbocycles. The van der Waals surface area contributed by atoms with Gasteiger partial charge in [-0.2, -0.15) is 0 Å². The maximum Gasteiger partial charge on any atom is 0.134 e. The molecular formula is C12H19NO2S. The summed E-state index contributed by atoms with van der Waals surface area (Å²) in [6.45, 7) is 1.47. The minimum absolute atomic E-state index is 0.468.